The molecule has 0 unspecified atom stereocenters. The molecule has 0 bridgehead atoms. The van der Waals surface area contributed by atoms with Crippen molar-refractivity contribution in [1.82, 2.24) is 0 Å². The molecule has 1 rings (SSSR count). The molecule has 6 nitrogen and oxygen atoms in total. The summed E-state index contributed by atoms with van der Waals surface area (Å²) in [4.78, 5) is 36.1. The summed E-state index contributed by atoms with van der Waals surface area (Å²) >= 11 is 2.52. The second-order valence-corrected chi connectivity index (χ2v) is 6.50. The van der Waals surface area contributed by atoms with E-state index in [1.807, 2.05) is 6.92 Å². The molecule has 1 N–H and O–H groups in total. The van der Waals surface area contributed by atoms with Crippen LogP contribution in [0.5, 0.6) is 0 Å². The number of thiophene rings is 1. The Balaban J connectivity index is 2.61. The molecule has 0 aliphatic heterocycles. The third-order valence-corrected chi connectivity index (χ3v) is 4.74. The van der Waals surface area contributed by atoms with E-state index in [4.69, 9.17) is 9.47 Å². The Labute approximate surface area is 143 Å². The molecule has 0 saturated carbocycles. The quantitative estimate of drug-likeness (QED) is 0.683. The molecule has 1 heterocycles. The number of amides is 1. The molecule has 1 aromatic rings. The van der Waals surface area contributed by atoms with Crippen LogP contribution in [0.4, 0.5) is 5.00 Å². The highest BCUT2D eigenvalue weighted by molar-refractivity contribution is 8.00. The van der Waals surface area contributed by atoms with Crippen LogP contribution in [0, 0.1) is 0 Å². The van der Waals surface area contributed by atoms with Crippen molar-refractivity contribution in [2.24, 2.45) is 0 Å². The Morgan fingerprint density at radius 2 is 1.83 bits per heavy atom. The van der Waals surface area contributed by atoms with Gasteiger partial charge in [-0.15, -0.1) is 23.1 Å². The van der Waals surface area contributed by atoms with Crippen LogP contribution in [0.3, 0.4) is 0 Å². The van der Waals surface area contributed by atoms with Gasteiger partial charge in [-0.25, -0.2) is 4.79 Å². The Morgan fingerprint density at radius 3 is 2.43 bits per heavy atom. The summed E-state index contributed by atoms with van der Waals surface area (Å²) in [7, 11) is 0. The fourth-order valence-electron chi connectivity index (χ4n) is 1.66. The van der Waals surface area contributed by atoms with Crippen molar-refractivity contribution in [2.75, 3.05) is 30.0 Å². The zero-order valence-corrected chi connectivity index (χ0v) is 15.1. The second-order valence-electron chi connectivity index (χ2n) is 4.38. The number of rotatable bonds is 9. The van der Waals surface area contributed by atoms with Crippen LogP contribution < -0.4 is 5.32 Å². The van der Waals surface area contributed by atoms with Gasteiger partial charge in [0.05, 0.1) is 30.3 Å². The smallest absolute Gasteiger partial charge is 0.341 e. The zero-order valence-electron chi connectivity index (χ0n) is 13.5. The first-order valence-corrected chi connectivity index (χ1v) is 9.31. The maximum Gasteiger partial charge on any atom is 0.341 e. The van der Waals surface area contributed by atoms with Crippen molar-refractivity contribution in [3.8, 4) is 0 Å². The molecular weight excluding hydrogens is 338 g/mol. The number of aryl methyl sites for hydroxylation is 1. The van der Waals surface area contributed by atoms with Gasteiger partial charge in [0.1, 0.15) is 5.00 Å². The third kappa shape index (κ3) is 6.62. The van der Waals surface area contributed by atoms with Gasteiger partial charge < -0.3 is 14.8 Å². The van der Waals surface area contributed by atoms with Crippen LogP contribution in [0.2, 0.25) is 0 Å². The van der Waals surface area contributed by atoms with Crippen LogP contribution in [-0.2, 0) is 25.5 Å². The molecule has 1 amide bonds. The van der Waals surface area contributed by atoms with Crippen LogP contribution in [0.25, 0.3) is 0 Å². The predicted octanol–water partition coefficient (Wildman–Crippen LogP) is 2.72. The van der Waals surface area contributed by atoms with Gasteiger partial charge in [0.25, 0.3) is 0 Å². The minimum absolute atomic E-state index is 0.112. The molecule has 0 radical (unpaired) electrons. The summed E-state index contributed by atoms with van der Waals surface area (Å²) in [6.45, 7) is 6.04. The number of carbonyl (C=O) groups is 3. The highest BCUT2D eigenvalue weighted by Gasteiger charge is 2.18. The average Bonchev–Trinajstić information content (AvgIpc) is 2.90. The number of esters is 2. The van der Waals surface area contributed by atoms with E-state index in [1.54, 1.807) is 19.9 Å². The molecule has 0 aromatic carbocycles. The lowest BCUT2D eigenvalue weighted by Crippen LogP contribution is -2.17. The molecular formula is C15H21NO5S2. The van der Waals surface area contributed by atoms with Crippen LogP contribution in [0.15, 0.2) is 6.07 Å². The fraction of sp³-hybridized carbons (Fsp3) is 0.533. The van der Waals surface area contributed by atoms with E-state index in [9.17, 15) is 14.4 Å². The van der Waals surface area contributed by atoms with Crippen molar-refractivity contribution in [2.45, 2.75) is 27.2 Å². The molecule has 0 aliphatic rings. The Morgan fingerprint density at radius 1 is 1.13 bits per heavy atom. The number of ether oxygens (including phenoxy) is 2. The molecule has 0 aliphatic carbocycles. The van der Waals surface area contributed by atoms with Crippen LogP contribution >= 0.6 is 23.1 Å². The molecule has 0 fully saturated rings. The average molecular weight is 359 g/mol. The van der Waals surface area contributed by atoms with E-state index < -0.39 is 5.97 Å². The van der Waals surface area contributed by atoms with Crippen LogP contribution in [-0.4, -0.2) is 42.6 Å². The lowest BCUT2D eigenvalue weighted by molar-refractivity contribution is -0.139. The number of carbonyl (C=O) groups excluding carboxylic acids is 3. The Kier molecular flexibility index (Phi) is 8.71. The maximum absolute atomic E-state index is 12.0. The largest absolute Gasteiger partial charge is 0.465 e. The number of thioether (sulfide) groups is 1. The number of nitrogens with one attached hydrogen (secondary N) is 1. The van der Waals surface area contributed by atoms with Crippen molar-refractivity contribution in [1.29, 1.82) is 0 Å². The van der Waals surface area contributed by atoms with Gasteiger partial charge in [-0.05, 0) is 26.3 Å². The normalized spacial score (nSPS) is 10.2. The summed E-state index contributed by atoms with van der Waals surface area (Å²) in [5.41, 5.74) is 0.373. The molecule has 8 heteroatoms. The molecule has 0 atom stereocenters. The first-order valence-electron chi connectivity index (χ1n) is 7.34. The van der Waals surface area contributed by atoms with Gasteiger partial charge in [-0.1, -0.05) is 6.92 Å². The van der Waals surface area contributed by atoms with Gasteiger partial charge >= 0.3 is 11.9 Å². The van der Waals surface area contributed by atoms with Crippen molar-refractivity contribution < 1.29 is 23.9 Å². The summed E-state index contributed by atoms with van der Waals surface area (Å²) in [6, 6.07) is 1.74. The minimum Gasteiger partial charge on any atom is -0.465 e. The maximum atomic E-state index is 12.0. The first-order chi connectivity index (χ1) is 11.0. The molecule has 0 saturated heterocycles. The van der Waals surface area contributed by atoms with Crippen LogP contribution in [0.1, 0.15) is 36.0 Å². The highest BCUT2D eigenvalue weighted by atomic mass is 32.2. The number of hydrogen-bond donors (Lipinski definition) is 1. The third-order valence-electron chi connectivity index (χ3n) is 2.64. The van der Waals surface area contributed by atoms with E-state index in [0.717, 1.165) is 11.3 Å². The van der Waals surface area contributed by atoms with Crippen molar-refractivity contribution >= 4 is 45.9 Å². The van der Waals surface area contributed by atoms with Gasteiger partial charge in [0.2, 0.25) is 5.91 Å². The number of hydrogen-bond acceptors (Lipinski definition) is 7. The number of anilines is 1. The lowest BCUT2D eigenvalue weighted by atomic mass is 10.2. The molecule has 128 valence electrons. The predicted molar refractivity (Wildman–Crippen MR) is 92.2 cm³/mol. The van der Waals surface area contributed by atoms with Crippen molar-refractivity contribution in [3.05, 3.63) is 16.5 Å². The summed E-state index contributed by atoms with van der Waals surface area (Å²) in [5.74, 6) is -0.828. The first kappa shape index (κ1) is 19.5. The van der Waals surface area contributed by atoms with E-state index in [-0.39, 0.29) is 30.0 Å². The van der Waals surface area contributed by atoms with Gasteiger partial charge in [0, 0.05) is 4.88 Å². The highest BCUT2D eigenvalue weighted by Crippen LogP contribution is 2.29. The summed E-state index contributed by atoms with van der Waals surface area (Å²) in [6.07, 6.45) is 0.768. The van der Waals surface area contributed by atoms with E-state index in [0.29, 0.717) is 17.2 Å². The minimum atomic E-state index is -0.446. The molecule has 0 spiro atoms. The topological polar surface area (TPSA) is 81.7 Å². The van der Waals surface area contributed by atoms with E-state index in [2.05, 4.69) is 5.32 Å². The van der Waals surface area contributed by atoms with Crippen molar-refractivity contribution in [3.63, 3.8) is 0 Å². The summed E-state index contributed by atoms with van der Waals surface area (Å²) in [5, 5.41) is 3.20. The lowest BCUT2D eigenvalue weighted by Gasteiger charge is -2.06. The van der Waals surface area contributed by atoms with Gasteiger partial charge in [-0.2, -0.15) is 0 Å². The van der Waals surface area contributed by atoms with E-state index >= 15 is 0 Å². The summed E-state index contributed by atoms with van der Waals surface area (Å²) < 4.78 is 9.78. The molecule has 23 heavy (non-hydrogen) atoms. The zero-order chi connectivity index (χ0) is 17.2. The standard InChI is InChI=1S/C15H21NO5S2/c1-4-10-7-11(15(19)21-6-3)14(23-10)16-12(17)8-22-9-13(18)20-5-2/h7H,4-6,8-9H2,1-3H3,(H,16,17). The van der Waals surface area contributed by atoms with Gasteiger partial charge in [-0.3, -0.25) is 9.59 Å². The monoisotopic (exact) mass is 359 g/mol. The SMILES string of the molecule is CCOC(=O)CSCC(=O)Nc1sc(CC)cc1C(=O)OCC. The second kappa shape index (κ2) is 10.3. The van der Waals surface area contributed by atoms with E-state index in [1.165, 1.54) is 23.1 Å². The van der Waals surface area contributed by atoms with Gasteiger partial charge in [0.15, 0.2) is 0 Å². The Hall–Kier alpha value is -1.54. The molecule has 1 aromatic heterocycles. The fourth-order valence-corrected chi connectivity index (χ4v) is 3.27. The Bertz CT molecular complexity index is 556.